The number of hydrogen-bond donors (Lipinski definition) is 1. The van der Waals surface area contributed by atoms with E-state index in [2.05, 4.69) is 17.5 Å². The van der Waals surface area contributed by atoms with Crippen LogP contribution in [0.3, 0.4) is 0 Å². The third kappa shape index (κ3) is 9.51. The Labute approximate surface area is 252 Å². The number of hydrogen-bond acceptors (Lipinski definition) is 7. The van der Waals surface area contributed by atoms with Crippen LogP contribution in [0.1, 0.15) is 67.1 Å². The summed E-state index contributed by atoms with van der Waals surface area (Å²) in [5, 5.41) is 21.0. The summed E-state index contributed by atoms with van der Waals surface area (Å²) < 4.78 is 17.4. The number of rotatable bonds is 9. The molecule has 0 unspecified atom stereocenters. The Bertz CT molecular complexity index is 1490. The number of nitrogens with one attached hydrogen (secondary N) is 1. The Kier molecular flexibility index (Phi) is 10.2. The average molecular weight is 581 g/mol. The number of carbonyl (C=O) groups excluding carboxylic acids is 2. The van der Waals surface area contributed by atoms with Crippen LogP contribution in [0.4, 0.5) is 4.79 Å². The highest BCUT2D eigenvalue weighted by atomic mass is 16.6. The summed E-state index contributed by atoms with van der Waals surface area (Å²) in [5.74, 6) is 1.73. The molecule has 1 fully saturated rings. The molecule has 0 bridgehead atoms. The zero-order valence-electron chi connectivity index (χ0n) is 24.8. The van der Waals surface area contributed by atoms with Crippen molar-refractivity contribution in [2.75, 3.05) is 19.6 Å². The fourth-order valence-corrected chi connectivity index (χ4v) is 4.71. The monoisotopic (exact) mass is 580 g/mol. The van der Waals surface area contributed by atoms with Crippen molar-refractivity contribution in [2.24, 2.45) is 5.92 Å². The molecule has 2 amide bonds. The maximum absolute atomic E-state index is 13.6. The number of amides is 2. The Balaban J connectivity index is 1.41. The number of benzene rings is 3. The van der Waals surface area contributed by atoms with Crippen LogP contribution in [0, 0.1) is 28.6 Å². The van der Waals surface area contributed by atoms with E-state index >= 15 is 0 Å². The fourth-order valence-electron chi connectivity index (χ4n) is 4.71. The lowest BCUT2D eigenvalue weighted by Crippen LogP contribution is -2.39. The first kappa shape index (κ1) is 30.9. The van der Waals surface area contributed by atoms with E-state index in [1.807, 2.05) is 37.8 Å². The van der Waals surface area contributed by atoms with Gasteiger partial charge in [0.2, 0.25) is 0 Å². The molecule has 1 heterocycles. The van der Waals surface area contributed by atoms with Crippen molar-refractivity contribution in [1.29, 1.82) is 10.5 Å². The van der Waals surface area contributed by atoms with Crippen molar-refractivity contribution in [3.05, 3.63) is 89.0 Å². The Morgan fingerprint density at radius 3 is 2.09 bits per heavy atom. The lowest BCUT2D eigenvalue weighted by Gasteiger charge is -2.32. The molecule has 222 valence electrons. The zero-order valence-corrected chi connectivity index (χ0v) is 24.8. The molecular formula is C34H36N4O5. The van der Waals surface area contributed by atoms with Crippen LogP contribution in [-0.4, -0.2) is 42.1 Å². The van der Waals surface area contributed by atoms with Gasteiger partial charge in [-0.25, -0.2) is 4.79 Å². The third-order valence-electron chi connectivity index (χ3n) is 6.96. The van der Waals surface area contributed by atoms with E-state index in [9.17, 15) is 9.59 Å². The molecule has 0 saturated carbocycles. The molecule has 9 nitrogen and oxygen atoms in total. The Morgan fingerprint density at radius 2 is 1.49 bits per heavy atom. The minimum atomic E-state index is -0.533. The SMILES string of the molecule is CC(C)(C)OC(=O)NCCC1CCN(C(=O)c2cc(OCc3ccc(C#N)cc3)cc(Oc3ccc(C#N)cc3)c2)CC1. The first-order valence-electron chi connectivity index (χ1n) is 14.3. The van der Waals surface area contributed by atoms with Gasteiger partial charge in [-0.2, -0.15) is 10.5 Å². The number of likely N-dealkylation sites (tertiary alicyclic amines) is 1. The normalized spacial score (nSPS) is 13.4. The van der Waals surface area contributed by atoms with Crippen molar-refractivity contribution in [3.8, 4) is 29.4 Å². The van der Waals surface area contributed by atoms with E-state index in [4.69, 9.17) is 24.7 Å². The molecule has 9 heteroatoms. The predicted octanol–water partition coefficient (Wildman–Crippen LogP) is 6.57. The molecule has 1 saturated heterocycles. The molecule has 3 aromatic carbocycles. The van der Waals surface area contributed by atoms with Crippen molar-refractivity contribution in [2.45, 2.75) is 52.2 Å². The third-order valence-corrected chi connectivity index (χ3v) is 6.96. The smallest absolute Gasteiger partial charge is 0.407 e. The molecular weight excluding hydrogens is 544 g/mol. The summed E-state index contributed by atoms with van der Waals surface area (Å²) >= 11 is 0. The minimum Gasteiger partial charge on any atom is -0.489 e. The predicted molar refractivity (Wildman–Crippen MR) is 161 cm³/mol. The molecule has 0 aliphatic carbocycles. The number of alkyl carbamates (subject to hydrolysis) is 1. The first-order valence-corrected chi connectivity index (χ1v) is 14.3. The number of nitrogens with zero attached hydrogens (tertiary/aromatic N) is 3. The van der Waals surface area contributed by atoms with E-state index in [1.54, 1.807) is 54.6 Å². The molecule has 43 heavy (non-hydrogen) atoms. The van der Waals surface area contributed by atoms with Crippen LogP contribution in [0.15, 0.2) is 66.7 Å². The van der Waals surface area contributed by atoms with Gasteiger partial charge in [-0.05, 0) is 100 Å². The molecule has 1 aliphatic rings. The molecule has 0 atom stereocenters. The summed E-state index contributed by atoms with van der Waals surface area (Å²) in [6.45, 7) is 7.50. The van der Waals surface area contributed by atoms with Gasteiger partial charge in [0.25, 0.3) is 5.91 Å². The molecule has 1 aliphatic heterocycles. The molecule has 1 N–H and O–H groups in total. The van der Waals surface area contributed by atoms with Crippen molar-refractivity contribution < 1.29 is 23.8 Å². The molecule has 0 radical (unpaired) electrons. The second kappa shape index (κ2) is 14.2. The molecule has 0 aromatic heterocycles. The standard InChI is InChI=1S/C34H36N4O5/c1-34(2,3)43-33(40)37-15-12-24-13-16-38(17-14-24)32(39)28-18-30(41-23-27-6-4-25(21-35)5-7-27)20-31(19-28)42-29-10-8-26(22-36)9-11-29/h4-11,18-20,24H,12-17,23H2,1-3H3,(H,37,40). The molecule has 4 rings (SSSR count). The van der Waals surface area contributed by atoms with E-state index in [1.165, 1.54) is 0 Å². The highest BCUT2D eigenvalue weighted by Gasteiger charge is 2.25. The van der Waals surface area contributed by atoms with Crippen molar-refractivity contribution >= 4 is 12.0 Å². The van der Waals surface area contributed by atoms with Gasteiger partial charge in [-0.1, -0.05) is 12.1 Å². The van der Waals surface area contributed by atoms with E-state index in [0.29, 0.717) is 59.5 Å². The van der Waals surface area contributed by atoms with Gasteiger partial charge in [0.1, 0.15) is 29.5 Å². The van der Waals surface area contributed by atoms with Crippen molar-refractivity contribution in [1.82, 2.24) is 10.2 Å². The Morgan fingerprint density at radius 1 is 0.884 bits per heavy atom. The van der Waals surface area contributed by atoms with Crippen LogP contribution in [0.25, 0.3) is 0 Å². The molecule has 3 aromatic rings. The van der Waals surface area contributed by atoms with Crippen LogP contribution in [-0.2, 0) is 11.3 Å². The van der Waals surface area contributed by atoms with Gasteiger partial charge in [0, 0.05) is 31.3 Å². The topological polar surface area (TPSA) is 125 Å². The fraction of sp³-hybridized carbons (Fsp3) is 0.353. The highest BCUT2D eigenvalue weighted by molar-refractivity contribution is 5.95. The van der Waals surface area contributed by atoms with Gasteiger partial charge in [-0.15, -0.1) is 0 Å². The second-order valence-electron chi connectivity index (χ2n) is 11.5. The van der Waals surface area contributed by atoms with Gasteiger partial charge in [0.05, 0.1) is 23.3 Å². The number of nitriles is 2. The van der Waals surface area contributed by atoms with Crippen LogP contribution < -0.4 is 14.8 Å². The largest absolute Gasteiger partial charge is 0.489 e. The van der Waals surface area contributed by atoms with Crippen LogP contribution >= 0.6 is 0 Å². The highest BCUT2D eigenvalue weighted by Crippen LogP contribution is 2.30. The Hall–Kier alpha value is -5.02. The van der Waals surface area contributed by atoms with Gasteiger partial charge in [0.15, 0.2) is 0 Å². The molecule has 0 spiro atoms. The summed E-state index contributed by atoms with van der Waals surface area (Å²) in [4.78, 5) is 27.4. The zero-order chi connectivity index (χ0) is 30.8. The van der Waals surface area contributed by atoms with Crippen LogP contribution in [0.2, 0.25) is 0 Å². The van der Waals surface area contributed by atoms with Gasteiger partial charge in [-0.3, -0.25) is 4.79 Å². The average Bonchev–Trinajstić information content (AvgIpc) is 2.99. The quantitative estimate of drug-likeness (QED) is 0.304. The maximum Gasteiger partial charge on any atom is 0.407 e. The number of piperidine rings is 1. The van der Waals surface area contributed by atoms with E-state index in [-0.39, 0.29) is 12.5 Å². The minimum absolute atomic E-state index is 0.112. The van der Waals surface area contributed by atoms with Gasteiger partial charge < -0.3 is 24.4 Å². The maximum atomic E-state index is 13.6. The summed E-state index contributed by atoms with van der Waals surface area (Å²) in [6.07, 6.45) is 2.08. The lowest BCUT2D eigenvalue weighted by molar-refractivity contribution is 0.0522. The number of carbonyl (C=O) groups is 2. The first-order chi connectivity index (χ1) is 20.6. The van der Waals surface area contributed by atoms with Crippen LogP contribution in [0.5, 0.6) is 17.2 Å². The summed E-state index contributed by atoms with van der Waals surface area (Å²) in [6, 6.07) is 23.2. The number of ether oxygens (including phenoxy) is 3. The van der Waals surface area contributed by atoms with Gasteiger partial charge >= 0.3 is 6.09 Å². The van der Waals surface area contributed by atoms with E-state index < -0.39 is 11.7 Å². The lowest BCUT2D eigenvalue weighted by atomic mass is 9.93. The second-order valence-corrected chi connectivity index (χ2v) is 11.5. The summed E-state index contributed by atoms with van der Waals surface area (Å²) in [5.41, 5.74) is 1.89. The summed E-state index contributed by atoms with van der Waals surface area (Å²) in [7, 11) is 0. The van der Waals surface area contributed by atoms with E-state index in [0.717, 1.165) is 24.8 Å². The van der Waals surface area contributed by atoms with Crippen molar-refractivity contribution in [3.63, 3.8) is 0 Å².